The van der Waals surface area contributed by atoms with Gasteiger partial charge in [-0.15, -0.1) is 0 Å². The summed E-state index contributed by atoms with van der Waals surface area (Å²) in [6.07, 6.45) is 4.75. The number of carbonyl (C=O) groups excluding carboxylic acids is 1. The fourth-order valence-corrected chi connectivity index (χ4v) is 5.50. The van der Waals surface area contributed by atoms with E-state index in [0.29, 0.717) is 56.4 Å². The summed E-state index contributed by atoms with van der Waals surface area (Å²) in [5.41, 5.74) is 1.97. The Morgan fingerprint density at radius 3 is 2.62 bits per heavy atom. The van der Waals surface area contributed by atoms with Gasteiger partial charge >= 0.3 is 5.97 Å². The molecule has 2 heterocycles. The third-order valence-electron chi connectivity index (χ3n) is 6.19. The number of methoxy groups -OCH3 is 2. The van der Waals surface area contributed by atoms with Crippen molar-refractivity contribution >= 4 is 23.4 Å². The van der Waals surface area contributed by atoms with Crippen LogP contribution >= 0.6 is 11.3 Å². The summed E-state index contributed by atoms with van der Waals surface area (Å²) in [4.78, 5) is 32.8. The molecule has 8 nitrogen and oxygen atoms in total. The van der Waals surface area contributed by atoms with Gasteiger partial charge in [0.2, 0.25) is 0 Å². The Morgan fingerprint density at radius 1 is 1.13 bits per heavy atom. The highest BCUT2D eigenvalue weighted by atomic mass is 32.1. The number of para-hydroxylation sites is 1. The Morgan fingerprint density at radius 2 is 1.92 bits per heavy atom. The summed E-state index contributed by atoms with van der Waals surface area (Å²) in [6, 6.07) is 12.0. The van der Waals surface area contributed by atoms with Crippen LogP contribution in [0.15, 0.2) is 76.2 Å². The number of hydrogen-bond donors (Lipinski definition) is 0. The van der Waals surface area contributed by atoms with E-state index >= 15 is 0 Å². The first kappa shape index (κ1) is 27.9. The Labute approximate surface area is 231 Å². The highest BCUT2D eigenvalue weighted by Crippen LogP contribution is 2.38. The number of benzene rings is 2. The number of allylic oxidation sites excluding steroid dienone is 1. The molecule has 0 bridgehead atoms. The molecule has 0 saturated carbocycles. The molecule has 1 aliphatic heterocycles. The molecule has 0 N–H and O–H groups in total. The van der Waals surface area contributed by atoms with Gasteiger partial charge in [0.15, 0.2) is 4.80 Å². The molecule has 204 valence electrons. The van der Waals surface area contributed by atoms with E-state index in [2.05, 4.69) is 6.58 Å². The van der Waals surface area contributed by atoms with Gasteiger partial charge in [0.05, 0.1) is 36.6 Å². The number of nitrogens with zero attached hydrogens (tertiary/aromatic N) is 2. The predicted molar refractivity (Wildman–Crippen MR) is 151 cm³/mol. The normalized spacial score (nSPS) is 14.9. The van der Waals surface area contributed by atoms with E-state index in [9.17, 15) is 9.59 Å². The van der Waals surface area contributed by atoms with Crippen molar-refractivity contribution in [2.75, 3.05) is 27.4 Å². The van der Waals surface area contributed by atoms with Gasteiger partial charge in [-0.1, -0.05) is 55.5 Å². The molecule has 1 atom stereocenters. The molecule has 39 heavy (non-hydrogen) atoms. The lowest BCUT2D eigenvalue weighted by molar-refractivity contribution is -0.139. The van der Waals surface area contributed by atoms with Crippen LogP contribution in [0.5, 0.6) is 17.2 Å². The van der Waals surface area contributed by atoms with Crippen molar-refractivity contribution in [1.29, 1.82) is 0 Å². The van der Waals surface area contributed by atoms with Crippen molar-refractivity contribution in [3.8, 4) is 17.2 Å². The zero-order valence-electron chi connectivity index (χ0n) is 22.6. The number of ether oxygens (including phenoxy) is 4. The van der Waals surface area contributed by atoms with E-state index in [4.69, 9.17) is 23.9 Å². The Balaban J connectivity index is 2.03. The first-order valence-electron chi connectivity index (χ1n) is 12.7. The maximum absolute atomic E-state index is 14.1. The van der Waals surface area contributed by atoms with Crippen LogP contribution in [0.25, 0.3) is 6.08 Å². The number of fused-ring (bicyclic) bond motifs is 1. The van der Waals surface area contributed by atoms with Crippen molar-refractivity contribution < 1.29 is 23.7 Å². The van der Waals surface area contributed by atoms with E-state index in [-0.39, 0.29) is 12.2 Å². The topological polar surface area (TPSA) is 88.3 Å². The maximum Gasteiger partial charge on any atom is 0.338 e. The van der Waals surface area contributed by atoms with Crippen molar-refractivity contribution in [2.45, 2.75) is 32.7 Å². The van der Waals surface area contributed by atoms with Crippen LogP contribution in [0.3, 0.4) is 0 Å². The lowest BCUT2D eigenvalue weighted by atomic mass is 9.93. The minimum Gasteiger partial charge on any atom is -0.497 e. The van der Waals surface area contributed by atoms with E-state index in [0.717, 1.165) is 12.0 Å². The molecule has 3 aromatic rings. The van der Waals surface area contributed by atoms with Crippen molar-refractivity contribution in [2.24, 2.45) is 4.99 Å². The Kier molecular flexibility index (Phi) is 9.03. The SMILES string of the molecule is C=CCOc1ccccc1/C=c1/sc2n(c1=O)[C@@H](c1cc(OC)ccc1OC)C(C(=O)OCC)=C(CCC)N=2. The molecular weight excluding hydrogens is 516 g/mol. The highest BCUT2D eigenvalue weighted by Gasteiger charge is 2.36. The second-order valence-electron chi connectivity index (χ2n) is 8.66. The van der Waals surface area contributed by atoms with Gasteiger partial charge in [0.25, 0.3) is 5.56 Å². The van der Waals surface area contributed by atoms with Gasteiger partial charge in [-0.3, -0.25) is 9.36 Å². The van der Waals surface area contributed by atoms with E-state index < -0.39 is 12.0 Å². The van der Waals surface area contributed by atoms with Crippen molar-refractivity contribution in [3.05, 3.63) is 97.2 Å². The van der Waals surface area contributed by atoms with Crippen LogP contribution in [-0.4, -0.2) is 38.0 Å². The van der Waals surface area contributed by atoms with E-state index in [1.54, 1.807) is 56.1 Å². The third kappa shape index (κ3) is 5.68. The van der Waals surface area contributed by atoms with Crippen LogP contribution < -0.4 is 29.1 Å². The Hall–Kier alpha value is -4.11. The number of carbonyl (C=O) groups is 1. The molecule has 0 fully saturated rings. The van der Waals surface area contributed by atoms with Crippen LogP contribution in [0.1, 0.15) is 43.9 Å². The van der Waals surface area contributed by atoms with Crippen LogP contribution in [0.4, 0.5) is 0 Å². The second kappa shape index (κ2) is 12.6. The van der Waals surface area contributed by atoms with Crippen LogP contribution in [0.2, 0.25) is 0 Å². The van der Waals surface area contributed by atoms with Crippen LogP contribution in [0, 0.1) is 0 Å². The molecule has 0 amide bonds. The smallest absolute Gasteiger partial charge is 0.338 e. The zero-order chi connectivity index (χ0) is 27.9. The van der Waals surface area contributed by atoms with Gasteiger partial charge in [-0.25, -0.2) is 9.79 Å². The van der Waals surface area contributed by atoms with Gasteiger partial charge in [0.1, 0.15) is 29.9 Å². The molecule has 1 aliphatic rings. The molecule has 0 saturated heterocycles. The quantitative estimate of drug-likeness (QED) is 0.264. The summed E-state index contributed by atoms with van der Waals surface area (Å²) < 4.78 is 24.4. The van der Waals surface area contributed by atoms with Gasteiger partial charge < -0.3 is 18.9 Å². The molecule has 4 rings (SSSR count). The number of rotatable bonds is 11. The predicted octanol–water partition coefficient (Wildman–Crippen LogP) is 4.16. The standard InChI is InChI=1S/C30H32N2O6S/c1-6-11-22-26(29(34)37-8-3)27(21-18-20(35-4)14-15-24(21)36-5)32-28(33)25(39-30(32)31-22)17-19-12-9-10-13-23(19)38-16-7-2/h7,9-10,12-15,17-18,27H,2,6,8,11,16H2,1,3-5H3/b25-17+/t27-/m0/s1. The van der Waals surface area contributed by atoms with Gasteiger partial charge in [-0.05, 0) is 43.7 Å². The Bertz CT molecular complexity index is 1580. The molecule has 0 aliphatic carbocycles. The van der Waals surface area contributed by atoms with Crippen LogP contribution in [-0.2, 0) is 9.53 Å². The summed E-state index contributed by atoms with van der Waals surface area (Å²) >= 11 is 1.26. The average Bonchev–Trinajstić information content (AvgIpc) is 3.25. The van der Waals surface area contributed by atoms with Crippen molar-refractivity contribution in [1.82, 2.24) is 4.57 Å². The largest absolute Gasteiger partial charge is 0.497 e. The van der Waals surface area contributed by atoms with Gasteiger partial charge in [0, 0.05) is 11.1 Å². The zero-order valence-corrected chi connectivity index (χ0v) is 23.4. The van der Waals surface area contributed by atoms with Gasteiger partial charge in [-0.2, -0.15) is 0 Å². The van der Waals surface area contributed by atoms with E-state index in [1.165, 1.54) is 11.3 Å². The second-order valence-corrected chi connectivity index (χ2v) is 9.67. The highest BCUT2D eigenvalue weighted by molar-refractivity contribution is 7.07. The molecule has 1 aromatic heterocycles. The number of thiazole rings is 1. The summed E-state index contributed by atoms with van der Waals surface area (Å²) in [6.45, 7) is 8.00. The average molecular weight is 549 g/mol. The molecule has 0 spiro atoms. The number of esters is 1. The monoisotopic (exact) mass is 548 g/mol. The molecule has 0 unspecified atom stereocenters. The summed E-state index contributed by atoms with van der Waals surface area (Å²) in [5, 5.41) is 0. The first-order valence-corrected chi connectivity index (χ1v) is 13.6. The third-order valence-corrected chi connectivity index (χ3v) is 7.17. The minimum atomic E-state index is -0.818. The number of aromatic nitrogens is 1. The number of hydrogen-bond acceptors (Lipinski definition) is 8. The first-order chi connectivity index (χ1) is 19.0. The lowest BCUT2D eigenvalue weighted by Gasteiger charge is -2.27. The van der Waals surface area contributed by atoms with E-state index in [1.807, 2.05) is 31.2 Å². The molecular formula is C30H32N2O6S. The molecule has 0 radical (unpaired) electrons. The summed E-state index contributed by atoms with van der Waals surface area (Å²) in [5.74, 6) is 1.20. The summed E-state index contributed by atoms with van der Waals surface area (Å²) in [7, 11) is 3.11. The fraction of sp³-hybridized carbons (Fsp3) is 0.300. The molecule has 2 aromatic carbocycles. The lowest BCUT2D eigenvalue weighted by Crippen LogP contribution is -2.40. The fourth-order valence-electron chi connectivity index (χ4n) is 4.49. The minimum absolute atomic E-state index is 0.190. The maximum atomic E-state index is 14.1. The van der Waals surface area contributed by atoms with Crippen molar-refractivity contribution in [3.63, 3.8) is 0 Å². The molecule has 9 heteroatoms.